The van der Waals surface area contributed by atoms with Gasteiger partial charge in [0.15, 0.2) is 0 Å². The quantitative estimate of drug-likeness (QED) is 0.130. The first-order valence-electron chi connectivity index (χ1n) is 17.4. The topological polar surface area (TPSA) is 99.1 Å². The first-order chi connectivity index (χ1) is 26.7. The number of halogens is 4. The van der Waals surface area contributed by atoms with Crippen molar-refractivity contribution in [3.8, 4) is 56.9 Å². The summed E-state index contributed by atoms with van der Waals surface area (Å²) in [5.74, 6) is -2.11. The van der Waals surface area contributed by atoms with Crippen LogP contribution in [0, 0.1) is 34.3 Å². The van der Waals surface area contributed by atoms with Gasteiger partial charge >= 0.3 is 0 Å². The molecule has 0 aliphatic heterocycles. The van der Waals surface area contributed by atoms with E-state index >= 15 is 13.2 Å². The molecule has 1 unspecified atom stereocenters. The molecule has 55 heavy (non-hydrogen) atoms. The molecule has 0 saturated carbocycles. The fraction of sp³-hybridized carbons (Fsp3) is 0.0667. The number of hydrogen-bond donors (Lipinski definition) is 0. The summed E-state index contributed by atoms with van der Waals surface area (Å²) in [6, 6.07) is 25.1. The molecule has 6 nitrogen and oxygen atoms in total. The van der Waals surface area contributed by atoms with Crippen molar-refractivity contribution in [3.63, 3.8) is 0 Å². The lowest BCUT2D eigenvalue weighted by Gasteiger charge is -2.19. The molecule has 0 amide bonds. The molecule has 10 heteroatoms. The fourth-order valence-corrected chi connectivity index (χ4v) is 7.88. The van der Waals surface area contributed by atoms with Crippen LogP contribution in [0.15, 0.2) is 97.1 Å². The molecular formula is C45H22F4N6. The Kier molecular flexibility index (Phi) is 6.98. The SMILES string of the molecule is CC1=CC=C(F)c2cc(ccc2F)-c2nc3c(-c4ccc(C#N)cc4)c4nc5c(nc4c(-c4ccc(C#N)cc4)c3nc21)-c1ccc(F)c2c1C5=CCC2F. The van der Waals surface area contributed by atoms with Gasteiger partial charge in [0, 0.05) is 50.9 Å². The van der Waals surface area contributed by atoms with Gasteiger partial charge in [0.25, 0.3) is 0 Å². The summed E-state index contributed by atoms with van der Waals surface area (Å²) in [6.07, 6.45) is 2.90. The Hall–Kier alpha value is -7.30. The second kappa shape index (κ2) is 11.9. The van der Waals surface area contributed by atoms with Gasteiger partial charge in [0.2, 0.25) is 0 Å². The van der Waals surface area contributed by atoms with Crippen molar-refractivity contribution >= 4 is 39.0 Å². The lowest BCUT2D eigenvalue weighted by atomic mass is 9.89. The van der Waals surface area contributed by atoms with Gasteiger partial charge in [-0.2, -0.15) is 10.5 Å². The van der Waals surface area contributed by atoms with E-state index in [-0.39, 0.29) is 17.5 Å². The molecule has 5 aromatic carbocycles. The minimum atomic E-state index is -1.53. The molecule has 2 aromatic heterocycles. The van der Waals surface area contributed by atoms with Gasteiger partial charge in [-0.3, -0.25) is 0 Å². The number of rotatable bonds is 2. The normalized spacial score (nSPS) is 15.0. The Morgan fingerprint density at radius 2 is 1.13 bits per heavy atom. The zero-order chi connectivity index (χ0) is 37.7. The van der Waals surface area contributed by atoms with Crippen LogP contribution < -0.4 is 0 Å². The zero-order valence-corrected chi connectivity index (χ0v) is 28.7. The summed E-state index contributed by atoms with van der Waals surface area (Å²) in [6.45, 7) is 1.77. The van der Waals surface area contributed by atoms with Gasteiger partial charge in [-0.1, -0.05) is 36.4 Å². The highest BCUT2D eigenvalue weighted by Crippen LogP contribution is 2.52. The lowest BCUT2D eigenvalue weighted by molar-refractivity contribution is 0.333. The Labute approximate surface area is 310 Å². The van der Waals surface area contributed by atoms with Gasteiger partial charge in [0.1, 0.15) is 45.7 Å². The minimum absolute atomic E-state index is 0.0193. The van der Waals surface area contributed by atoms with E-state index in [4.69, 9.17) is 19.9 Å². The van der Waals surface area contributed by atoms with E-state index in [0.29, 0.717) is 106 Å². The van der Waals surface area contributed by atoms with E-state index in [9.17, 15) is 14.9 Å². The molecule has 0 radical (unpaired) electrons. The summed E-state index contributed by atoms with van der Waals surface area (Å²) >= 11 is 0. The van der Waals surface area contributed by atoms with Crippen LogP contribution >= 0.6 is 0 Å². The third kappa shape index (κ3) is 4.71. The molecule has 0 N–H and O–H groups in total. The van der Waals surface area contributed by atoms with Crippen molar-refractivity contribution in [2.45, 2.75) is 19.5 Å². The van der Waals surface area contributed by atoms with E-state index in [1.54, 1.807) is 67.6 Å². The highest BCUT2D eigenvalue weighted by molar-refractivity contribution is 6.18. The zero-order valence-electron chi connectivity index (χ0n) is 28.7. The predicted molar refractivity (Wildman–Crippen MR) is 202 cm³/mol. The molecule has 0 saturated heterocycles. The van der Waals surface area contributed by atoms with Crippen LogP contribution in [0.2, 0.25) is 0 Å². The molecule has 2 heterocycles. The Morgan fingerprint density at radius 1 is 0.582 bits per heavy atom. The van der Waals surface area contributed by atoms with Crippen LogP contribution in [0.5, 0.6) is 0 Å². The molecule has 3 aliphatic rings. The third-order valence-electron chi connectivity index (χ3n) is 10.5. The van der Waals surface area contributed by atoms with E-state index in [1.807, 2.05) is 0 Å². The van der Waals surface area contributed by atoms with Crippen molar-refractivity contribution in [2.75, 3.05) is 0 Å². The highest BCUT2D eigenvalue weighted by Gasteiger charge is 2.37. The predicted octanol–water partition coefficient (Wildman–Crippen LogP) is 11.1. The largest absolute Gasteiger partial charge is 0.243 e. The number of fused-ring (bicyclic) bond motifs is 9. The average Bonchev–Trinajstić information content (AvgIpc) is 3.53. The molecule has 0 fully saturated rings. The van der Waals surface area contributed by atoms with Crippen molar-refractivity contribution < 1.29 is 17.6 Å². The van der Waals surface area contributed by atoms with Crippen LogP contribution in [0.4, 0.5) is 17.6 Å². The molecular weight excluding hydrogens is 701 g/mol. The third-order valence-corrected chi connectivity index (χ3v) is 10.5. The Balaban J connectivity index is 1.41. The summed E-state index contributed by atoms with van der Waals surface area (Å²) in [7, 11) is 0. The number of alkyl halides is 1. The summed E-state index contributed by atoms with van der Waals surface area (Å²) in [4.78, 5) is 21.1. The summed E-state index contributed by atoms with van der Waals surface area (Å²) < 4.78 is 60.9. The van der Waals surface area contributed by atoms with E-state index in [1.165, 1.54) is 36.4 Å². The van der Waals surface area contributed by atoms with E-state index in [2.05, 4.69) is 12.1 Å². The summed E-state index contributed by atoms with van der Waals surface area (Å²) in [5, 5.41) is 19.3. The van der Waals surface area contributed by atoms with Crippen LogP contribution in [-0.2, 0) is 0 Å². The number of hydrogen-bond acceptors (Lipinski definition) is 6. The molecule has 7 aromatic rings. The molecule has 10 rings (SSSR count). The van der Waals surface area contributed by atoms with E-state index < -0.39 is 23.6 Å². The highest BCUT2D eigenvalue weighted by atomic mass is 19.1. The van der Waals surface area contributed by atoms with Crippen LogP contribution in [0.1, 0.15) is 58.7 Å². The maximum Gasteiger partial charge on any atom is 0.133 e. The van der Waals surface area contributed by atoms with Crippen LogP contribution in [0.3, 0.4) is 0 Å². The van der Waals surface area contributed by atoms with Crippen molar-refractivity contribution in [1.29, 1.82) is 10.5 Å². The standard InChI is InChI=1S/C45H22F4N6/c1-21-2-14-30(46)29-18-26(11-15-31(29)47)39-38(21)52-42-34(24-7-3-22(19-50)4-8-24)44-45(35(43(42)53-39)25-9-5-23(20-51)6-10-25)55-41-28-13-17-33(49)37-32(48)16-12-27(36(28)37)40(41)54-44/h2-16,18,33H,17H2,1H3. The lowest BCUT2D eigenvalue weighted by Crippen LogP contribution is -2.06. The number of benzene rings is 5. The summed E-state index contributed by atoms with van der Waals surface area (Å²) in [5.41, 5.74) is 8.85. The Bertz CT molecular complexity index is 3080. The van der Waals surface area contributed by atoms with Gasteiger partial charge in [-0.25, -0.2) is 37.5 Å². The average molecular weight is 723 g/mol. The van der Waals surface area contributed by atoms with Gasteiger partial charge in [0.05, 0.1) is 46.0 Å². The number of aromatic nitrogens is 4. The maximum atomic E-state index is 15.3. The maximum absolute atomic E-state index is 15.3. The fourth-order valence-electron chi connectivity index (χ4n) is 7.88. The van der Waals surface area contributed by atoms with Gasteiger partial charge < -0.3 is 0 Å². The molecule has 3 aliphatic carbocycles. The van der Waals surface area contributed by atoms with Gasteiger partial charge in [-0.15, -0.1) is 0 Å². The van der Waals surface area contributed by atoms with E-state index in [0.717, 1.165) is 0 Å². The number of allylic oxidation sites excluding steroid dienone is 4. The van der Waals surface area contributed by atoms with Crippen LogP contribution in [0.25, 0.3) is 83.8 Å². The molecule has 1 atom stereocenters. The van der Waals surface area contributed by atoms with Crippen LogP contribution in [-0.4, -0.2) is 19.9 Å². The first-order valence-corrected chi connectivity index (χ1v) is 17.4. The van der Waals surface area contributed by atoms with Crippen molar-refractivity contribution in [2.24, 2.45) is 0 Å². The molecule has 0 spiro atoms. The van der Waals surface area contributed by atoms with Crippen molar-refractivity contribution in [3.05, 3.63) is 148 Å². The second-order valence-electron chi connectivity index (χ2n) is 13.6. The number of nitrogens with zero attached hydrogens (tertiary/aromatic N) is 6. The van der Waals surface area contributed by atoms with Crippen molar-refractivity contribution in [1.82, 2.24) is 19.9 Å². The monoisotopic (exact) mass is 722 g/mol. The Morgan fingerprint density at radius 3 is 1.75 bits per heavy atom. The van der Waals surface area contributed by atoms with Gasteiger partial charge in [-0.05, 0) is 84.3 Å². The molecule has 260 valence electrons. The minimum Gasteiger partial charge on any atom is -0.243 e. The smallest absolute Gasteiger partial charge is 0.133 e. The first kappa shape index (κ1) is 32.4. The number of nitriles is 2. The second-order valence-corrected chi connectivity index (χ2v) is 13.6. The molecule has 2 bridgehead atoms.